The van der Waals surface area contributed by atoms with Crippen LogP contribution in [0.2, 0.25) is 0 Å². The molecule has 3 aromatic heterocycles. The summed E-state index contributed by atoms with van der Waals surface area (Å²) >= 11 is 0. The SMILES string of the molecule is CC1(C)CN(CC2CCC(c3nnn4cnc5[nH]ccc5c34)CC2)C1. The van der Waals surface area contributed by atoms with Gasteiger partial charge in [0.1, 0.15) is 17.5 Å². The van der Waals surface area contributed by atoms with Crippen molar-refractivity contribution in [1.29, 1.82) is 0 Å². The normalized spacial score (nSPS) is 27.0. The van der Waals surface area contributed by atoms with Crippen LogP contribution in [0.4, 0.5) is 0 Å². The van der Waals surface area contributed by atoms with Crippen molar-refractivity contribution in [3.63, 3.8) is 0 Å². The average molecular weight is 338 g/mol. The van der Waals surface area contributed by atoms with E-state index in [1.807, 2.05) is 10.7 Å². The van der Waals surface area contributed by atoms with Crippen LogP contribution in [0.15, 0.2) is 18.6 Å². The van der Waals surface area contributed by atoms with E-state index in [0.29, 0.717) is 11.3 Å². The molecule has 25 heavy (non-hydrogen) atoms. The second-order valence-corrected chi connectivity index (χ2v) is 8.80. The zero-order valence-electron chi connectivity index (χ0n) is 15.1. The summed E-state index contributed by atoms with van der Waals surface area (Å²) in [5.41, 5.74) is 3.76. The van der Waals surface area contributed by atoms with Gasteiger partial charge in [-0.25, -0.2) is 9.50 Å². The lowest BCUT2D eigenvalue weighted by atomic mass is 9.78. The maximum atomic E-state index is 4.53. The summed E-state index contributed by atoms with van der Waals surface area (Å²) < 4.78 is 1.83. The minimum Gasteiger partial charge on any atom is -0.346 e. The lowest BCUT2D eigenvalue weighted by molar-refractivity contribution is 0.0128. The monoisotopic (exact) mass is 338 g/mol. The minimum atomic E-state index is 0.530. The van der Waals surface area contributed by atoms with Crippen LogP contribution in [0.1, 0.15) is 51.1 Å². The van der Waals surface area contributed by atoms with Crippen LogP contribution in [0.3, 0.4) is 0 Å². The Hall–Kier alpha value is -1.95. The summed E-state index contributed by atoms with van der Waals surface area (Å²) in [6, 6.07) is 2.09. The summed E-state index contributed by atoms with van der Waals surface area (Å²) in [6.45, 7) is 8.55. The Morgan fingerprint density at radius 3 is 2.76 bits per heavy atom. The summed E-state index contributed by atoms with van der Waals surface area (Å²) in [4.78, 5) is 10.2. The summed E-state index contributed by atoms with van der Waals surface area (Å²) in [5.74, 6) is 1.38. The molecule has 0 bridgehead atoms. The van der Waals surface area contributed by atoms with Gasteiger partial charge in [0, 0.05) is 37.1 Å². The molecule has 0 aromatic carbocycles. The molecule has 0 radical (unpaired) electrons. The van der Waals surface area contributed by atoms with Crippen molar-refractivity contribution < 1.29 is 0 Å². The van der Waals surface area contributed by atoms with Gasteiger partial charge in [0.05, 0.1) is 5.69 Å². The first-order chi connectivity index (χ1) is 12.1. The van der Waals surface area contributed by atoms with Gasteiger partial charge in [0.15, 0.2) is 0 Å². The van der Waals surface area contributed by atoms with Crippen LogP contribution in [0, 0.1) is 11.3 Å². The van der Waals surface area contributed by atoms with E-state index in [0.717, 1.165) is 28.2 Å². The van der Waals surface area contributed by atoms with Gasteiger partial charge in [-0.3, -0.25) is 0 Å². The molecule has 6 nitrogen and oxygen atoms in total. The molecule has 3 aromatic rings. The number of hydrogen-bond donors (Lipinski definition) is 1. The lowest BCUT2D eigenvalue weighted by Crippen LogP contribution is -2.54. The molecule has 132 valence electrons. The predicted octanol–water partition coefficient (Wildman–Crippen LogP) is 3.22. The molecule has 1 saturated carbocycles. The Kier molecular flexibility index (Phi) is 3.39. The van der Waals surface area contributed by atoms with E-state index in [-0.39, 0.29) is 0 Å². The Morgan fingerprint density at radius 1 is 1.20 bits per heavy atom. The third kappa shape index (κ3) is 2.63. The molecule has 0 spiro atoms. The first-order valence-corrected chi connectivity index (χ1v) is 9.48. The second kappa shape index (κ2) is 5.53. The van der Waals surface area contributed by atoms with Crippen LogP contribution in [-0.2, 0) is 0 Å². The molecule has 1 aliphatic carbocycles. The fraction of sp³-hybridized carbons (Fsp3) is 0.632. The highest BCUT2D eigenvalue weighted by atomic mass is 15.4. The molecule has 6 heteroatoms. The van der Waals surface area contributed by atoms with Crippen molar-refractivity contribution in [2.24, 2.45) is 11.3 Å². The third-order valence-corrected chi connectivity index (χ3v) is 6.05. The van der Waals surface area contributed by atoms with Crippen molar-refractivity contribution in [2.75, 3.05) is 19.6 Å². The summed E-state index contributed by atoms with van der Waals surface area (Å²) in [5, 5.41) is 9.97. The maximum absolute atomic E-state index is 4.53. The lowest BCUT2D eigenvalue weighted by Gasteiger charge is -2.47. The zero-order chi connectivity index (χ0) is 17.0. The number of aromatic amines is 1. The standard InChI is InChI=1S/C19H26N6/c1-19(2)10-24(11-19)9-13-3-5-14(6-4-13)16-17-15-7-8-20-18(15)21-12-25(17)23-22-16/h7-8,12-14,20H,3-6,9-11H2,1-2H3. The van der Waals surface area contributed by atoms with Gasteiger partial charge >= 0.3 is 0 Å². The highest BCUT2D eigenvalue weighted by Crippen LogP contribution is 2.39. The molecule has 0 unspecified atom stereocenters. The Bertz CT molecular complexity index is 891. The van der Waals surface area contributed by atoms with Crippen molar-refractivity contribution in [1.82, 2.24) is 29.7 Å². The van der Waals surface area contributed by atoms with E-state index in [1.165, 1.54) is 45.3 Å². The minimum absolute atomic E-state index is 0.530. The molecule has 1 saturated heterocycles. The number of hydrogen-bond acceptors (Lipinski definition) is 4. The van der Waals surface area contributed by atoms with Gasteiger partial charge in [0.2, 0.25) is 0 Å². The fourth-order valence-electron chi connectivity index (χ4n) is 4.97. The number of rotatable bonds is 3. The van der Waals surface area contributed by atoms with Crippen molar-refractivity contribution >= 4 is 16.6 Å². The first-order valence-electron chi connectivity index (χ1n) is 9.48. The highest BCUT2D eigenvalue weighted by molar-refractivity contribution is 5.92. The maximum Gasteiger partial charge on any atom is 0.141 e. The van der Waals surface area contributed by atoms with Crippen LogP contribution in [0.5, 0.6) is 0 Å². The Labute approximate surface area is 147 Å². The van der Waals surface area contributed by atoms with Gasteiger partial charge in [-0.05, 0) is 43.1 Å². The zero-order valence-corrected chi connectivity index (χ0v) is 15.1. The number of likely N-dealkylation sites (tertiary alicyclic amines) is 1. The van der Waals surface area contributed by atoms with E-state index in [2.05, 4.69) is 45.1 Å². The van der Waals surface area contributed by atoms with Crippen LogP contribution < -0.4 is 0 Å². The highest BCUT2D eigenvalue weighted by Gasteiger charge is 2.36. The molecule has 4 heterocycles. The van der Waals surface area contributed by atoms with Gasteiger partial charge in [-0.2, -0.15) is 0 Å². The topological polar surface area (TPSA) is 62.1 Å². The van der Waals surface area contributed by atoms with E-state index >= 15 is 0 Å². The van der Waals surface area contributed by atoms with E-state index in [4.69, 9.17) is 0 Å². The van der Waals surface area contributed by atoms with Gasteiger partial charge in [-0.1, -0.05) is 19.1 Å². The van der Waals surface area contributed by atoms with E-state index in [9.17, 15) is 0 Å². The number of aromatic nitrogens is 5. The van der Waals surface area contributed by atoms with Gasteiger partial charge in [0.25, 0.3) is 0 Å². The molecule has 5 rings (SSSR count). The summed E-state index contributed by atoms with van der Waals surface area (Å²) in [6.07, 6.45) is 8.78. The summed E-state index contributed by atoms with van der Waals surface area (Å²) in [7, 11) is 0. The Balaban J connectivity index is 1.31. The van der Waals surface area contributed by atoms with Crippen LogP contribution in [-0.4, -0.2) is 49.3 Å². The van der Waals surface area contributed by atoms with E-state index < -0.39 is 0 Å². The molecule has 2 fully saturated rings. The fourth-order valence-corrected chi connectivity index (χ4v) is 4.97. The number of nitrogens with one attached hydrogen (secondary N) is 1. The van der Waals surface area contributed by atoms with E-state index in [1.54, 1.807) is 6.33 Å². The molecule has 0 amide bonds. The molecule has 2 aliphatic rings. The number of fused-ring (bicyclic) bond motifs is 3. The first kappa shape index (κ1) is 15.3. The predicted molar refractivity (Wildman–Crippen MR) is 97.6 cm³/mol. The number of H-pyrrole nitrogens is 1. The van der Waals surface area contributed by atoms with Crippen molar-refractivity contribution in [3.8, 4) is 0 Å². The second-order valence-electron chi connectivity index (χ2n) is 8.80. The van der Waals surface area contributed by atoms with Crippen LogP contribution >= 0.6 is 0 Å². The molecule has 1 aliphatic heterocycles. The van der Waals surface area contributed by atoms with Crippen molar-refractivity contribution in [2.45, 2.75) is 45.4 Å². The van der Waals surface area contributed by atoms with Gasteiger partial charge in [-0.15, -0.1) is 5.10 Å². The molecule has 1 N–H and O–H groups in total. The third-order valence-electron chi connectivity index (χ3n) is 6.05. The molecular formula is C19H26N6. The van der Waals surface area contributed by atoms with Gasteiger partial charge < -0.3 is 9.88 Å². The van der Waals surface area contributed by atoms with Crippen LogP contribution in [0.25, 0.3) is 16.6 Å². The smallest absolute Gasteiger partial charge is 0.141 e. The molecule has 0 atom stereocenters. The Morgan fingerprint density at radius 2 is 2.00 bits per heavy atom. The largest absolute Gasteiger partial charge is 0.346 e. The number of nitrogens with zero attached hydrogens (tertiary/aromatic N) is 5. The quantitative estimate of drug-likeness (QED) is 0.796. The molecular weight excluding hydrogens is 312 g/mol. The average Bonchev–Trinajstić information content (AvgIpc) is 3.19. The van der Waals surface area contributed by atoms with Crippen molar-refractivity contribution in [3.05, 3.63) is 24.3 Å².